The van der Waals surface area contributed by atoms with Crippen molar-refractivity contribution >= 4 is 11.8 Å². The zero-order valence-corrected chi connectivity index (χ0v) is 14.1. The molecule has 1 aromatic carbocycles. The molecule has 1 saturated heterocycles. The second-order valence-corrected chi connectivity index (χ2v) is 7.38. The van der Waals surface area contributed by atoms with Crippen LogP contribution >= 0.6 is 0 Å². The molecule has 5 heteroatoms. The molecular weight excluding hydrogens is 295 g/mol. The Hall–Kier alpha value is -1.91. The van der Waals surface area contributed by atoms with E-state index in [1.807, 2.05) is 20.8 Å². The molecule has 2 amide bonds. The van der Waals surface area contributed by atoms with Gasteiger partial charge in [-0.05, 0) is 42.5 Å². The molecule has 0 unspecified atom stereocenters. The number of nitrogens with zero attached hydrogens (tertiary/aromatic N) is 1. The number of hydrogen-bond acceptors (Lipinski definition) is 2. The first kappa shape index (κ1) is 17.4. The molecule has 0 aliphatic carbocycles. The van der Waals surface area contributed by atoms with Crippen LogP contribution < -0.4 is 5.32 Å². The van der Waals surface area contributed by atoms with Crippen LogP contribution in [-0.2, 0) is 4.79 Å². The number of likely N-dealkylation sites (tertiary alicyclic amines) is 1. The Morgan fingerprint density at radius 2 is 1.74 bits per heavy atom. The van der Waals surface area contributed by atoms with Gasteiger partial charge in [0.25, 0.3) is 5.91 Å². The average Bonchev–Trinajstić information content (AvgIpc) is 2.46. The molecule has 1 aliphatic heterocycles. The number of carbonyl (C=O) groups excluding carboxylic acids is 2. The summed E-state index contributed by atoms with van der Waals surface area (Å²) in [5, 5.41) is 3.06. The second kappa shape index (κ2) is 7.11. The Morgan fingerprint density at radius 1 is 1.17 bits per heavy atom. The van der Waals surface area contributed by atoms with E-state index in [4.69, 9.17) is 0 Å². The minimum atomic E-state index is -0.346. The lowest BCUT2D eigenvalue weighted by Crippen LogP contribution is -2.47. The normalized spacial score (nSPS) is 16.3. The molecule has 1 N–H and O–H groups in total. The van der Waals surface area contributed by atoms with Crippen molar-refractivity contribution < 1.29 is 14.0 Å². The van der Waals surface area contributed by atoms with Crippen LogP contribution in [0, 0.1) is 11.2 Å². The highest BCUT2D eigenvalue weighted by Crippen LogP contribution is 2.19. The second-order valence-electron chi connectivity index (χ2n) is 7.38. The van der Waals surface area contributed by atoms with Crippen LogP contribution in [0.5, 0.6) is 0 Å². The van der Waals surface area contributed by atoms with Crippen molar-refractivity contribution in [1.29, 1.82) is 0 Å². The van der Waals surface area contributed by atoms with E-state index in [0.717, 1.165) is 12.8 Å². The zero-order chi connectivity index (χ0) is 17.0. The molecule has 1 aliphatic rings. The number of amides is 2. The minimum absolute atomic E-state index is 0.0245. The molecule has 1 fully saturated rings. The largest absolute Gasteiger partial charge is 0.353 e. The fourth-order valence-electron chi connectivity index (χ4n) is 2.76. The standard InChI is InChI=1S/C18H25FN2O2/c1-18(2,3)12-16(22)20-15-8-10-21(11-9-15)17(23)13-4-6-14(19)7-5-13/h4-7,15H,8-12H2,1-3H3,(H,20,22). The summed E-state index contributed by atoms with van der Waals surface area (Å²) in [6, 6.07) is 5.74. The third-order valence-corrected chi connectivity index (χ3v) is 3.93. The lowest BCUT2D eigenvalue weighted by atomic mass is 9.91. The molecule has 0 saturated carbocycles. The fraction of sp³-hybridized carbons (Fsp3) is 0.556. The number of benzene rings is 1. The topological polar surface area (TPSA) is 49.4 Å². The maximum Gasteiger partial charge on any atom is 0.253 e. The number of carbonyl (C=O) groups is 2. The van der Waals surface area contributed by atoms with Gasteiger partial charge < -0.3 is 10.2 Å². The molecule has 2 rings (SSSR count). The molecule has 23 heavy (non-hydrogen) atoms. The summed E-state index contributed by atoms with van der Waals surface area (Å²) in [5.41, 5.74) is 0.477. The number of hydrogen-bond donors (Lipinski definition) is 1. The van der Waals surface area contributed by atoms with Crippen LogP contribution in [0.15, 0.2) is 24.3 Å². The quantitative estimate of drug-likeness (QED) is 0.931. The van der Waals surface area contributed by atoms with Crippen LogP contribution in [0.4, 0.5) is 4.39 Å². The number of nitrogens with one attached hydrogen (secondary N) is 1. The van der Waals surface area contributed by atoms with Gasteiger partial charge in [0, 0.05) is 31.1 Å². The molecule has 1 heterocycles. The van der Waals surface area contributed by atoms with Crippen LogP contribution in [0.25, 0.3) is 0 Å². The van der Waals surface area contributed by atoms with Crippen molar-refractivity contribution in [3.05, 3.63) is 35.6 Å². The molecular formula is C18H25FN2O2. The lowest BCUT2D eigenvalue weighted by Gasteiger charge is -2.33. The Morgan fingerprint density at radius 3 is 2.26 bits per heavy atom. The van der Waals surface area contributed by atoms with Crippen molar-refractivity contribution in [3.63, 3.8) is 0 Å². The summed E-state index contributed by atoms with van der Waals surface area (Å²) in [5.74, 6) is -0.355. The third kappa shape index (κ3) is 5.34. The number of rotatable bonds is 3. The molecule has 0 aromatic heterocycles. The van der Waals surface area contributed by atoms with Crippen LogP contribution in [0.1, 0.15) is 50.4 Å². The number of piperidine rings is 1. The van der Waals surface area contributed by atoms with Gasteiger partial charge in [0.15, 0.2) is 0 Å². The van der Waals surface area contributed by atoms with E-state index < -0.39 is 0 Å². The molecule has 1 aromatic rings. The van der Waals surface area contributed by atoms with Crippen LogP contribution in [0.2, 0.25) is 0 Å². The predicted octanol–water partition coefficient (Wildman–Crippen LogP) is 2.98. The van der Waals surface area contributed by atoms with E-state index >= 15 is 0 Å². The SMILES string of the molecule is CC(C)(C)CC(=O)NC1CCN(C(=O)c2ccc(F)cc2)CC1. The lowest BCUT2D eigenvalue weighted by molar-refractivity contribution is -0.123. The van der Waals surface area contributed by atoms with Crippen LogP contribution in [-0.4, -0.2) is 35.8 Å². The van der Waals surface area contributed by atoms with Crippen molar-refractivity contribution in [2.45, 2.75) is 46.1 Å². The van der Waals surface area contributed by atoms with Crippen molar-refractivity contribution in [3.8, 4) is 0 Å². The van der Waals surface area contributed by atoms with Gasteiger partial charge in [-0.1, -0.05) is 20.8 Å². The van der Waals surface area contributed by atoms with E-state index in [0.29, 0.717) is 25.1 Å². The van der Waals surface area contributed by atoms with Gasteiger partial charge in [-0.15, -0.1) is 0 Å². The van der Waals surface area contributed by atoms with Gasteiger partial charge in [-0.3, -0.25) is 9.59 Å². The highest BCUT2D eigenvalue weighted by atomic mass is 19.1. The van der Waals surface area contributed by atoms with Gasteiger partial charge >= 0.3 is 0 Å². The first-order chi connectivity index (χ1) is 10.7. The van der Waals surface area contributed by atoms with Crippen molar-refractivity contribution in [1.82, 2.24) is 10.2 Å². The van der Waals surface area contributed by atoms with Gasteiger partial charge in [-0.25, -0.2) is 4.39 Å². The monoisotopic (exact) mass is 320 g/mol. The molecule has 0 spiro atoms. The summed E-state index contributed by atoms with van der Waals surface area (Å²) >= 11 is 0. The fourth-order valence-corrected chi connectivity index (χ4v) is 2.76. The van der Waals surface area contributed by atoms with Gasteiger partial charge in [0.05, 0.1) is 0 Å². The summed E-state index contributed by atoms with van der Waals surface area (Å²) in [4.78, 5) is 26.1. The molecule has 0 radical (unpaired) electrons. The summed E-state index contributed by atoms with van der Waals surface area (Å²) < 4.78 is 12.9. The summed E-state index contributed by atoms with van der Waals surface area (Å²) in [7, 11) is 0. The third-order valence-electron chi connectivity index (χ3n) is 3.93. The van der Waals surface area contributed by atoms with E-state index in [2.05, 4.69) is 5.32 Å². The summed E-state index contributed by atoms with van der Waals surface area (Å²) in [6.45, 7) is 7.33. The smallest absolute Gasteiger partial charge is 0.253 e. The van der Waals surface area contributed by atoms with Gasteiger partial charge in [-0.2, -0.15) is 0 Å². The zero-order valence-electron chi connectivity index (χ0n) is 14.1. The van der Waals surface area contributed by atoms with E-state index in [1.165, 1.54) is 24.3 Å². The highest BCUT2D eigenvalue weighted by molar-refractivity contribution is 5.94. The first-order valence-electron chi connectivity index (χ1n) is 8.09. The van der Waals surface area contributed by atoms with Gasteiger partial charge in [0.2, 0.25) is 5.91 Å². The minimum Gasteiger partial charge on any atom is -0.353 e. The molecule has 4 nitrogen and oxygen atoms in total. The van der Waals surface area contributed by atoms with Crippen molar-refractivity contribution in [2.75, 3.05) is 13.1 Å². The van der Waals surface area contributed by atoms with Crippen LogP contribution in [0.3, 0.4) is 0 Å². The maximum atomic E-state index is 12.9. The Balaban J connectivity index is 1.83. The van der Waals surface area contributed by atoms with Gasteiger partial charge in [0.1, 0.15) is 5.82 Å². The average molecular weight is 320 g/mol. The van der Waals surface area contributed by atoms with Crippen molar-refractivity contribution in [2.24, 2.45) is 5.41 Å². The predicted molar refractivity (Wildman–Crippen MR) is 87.5 cm³/mol. The molecule has 0 bridgehead atoms. The summed E-state index contributed by atoms with van der Waals surface area (Å²) in [6.07, 6.45) is 2.01. The Kier molecular flexibility index (Phi) is 5.39. The van der Waals surface area contributed by atoms with E-state index in [-0.39, 0.29) is 29.1 Å². The van der Waals surface area contributed by atoms with E-state index in [9.17, 15) is 14.0 Å². The highest BCUT2D eigenvalue weighted by Gasteiger charge is 2.25. The maximum absolute atomic E-state index is 12.9. The first-order valence-corrected chi connectivity index (χ1v) is 8.09. The molecule has 0 atom stereocenters. The van der Waals surface area contributed by atoms with E-state index in [1.54, 1.807) is 4.90 Å². The number of halogens is 1. The Labute approximate surface area is 137 Å². The molecule has 126 valence electrons. The Bertz CT molecular complexity index is 555.